The van der Waals surface area contributed by atoms with E-state index in [0.717, 1.165) is 6.42 Å². The highest BCUT2D eigenvalue weighted by Crippen LogP contribution is 2.33. The van der Waals surface area contributed by atoms with E-state index in [-0.39, 0.29) is 18.1 Å². The summed E-state index contributed by atoms with van der Waals surface area (Å²) in [5.41, 5.74) is 0. The fourth-order valence-electron chi connectivity index (χ4n) is 3.94. The third kappa shape index (κ3) is 3.00. The van der Waals surface area contributed by atoms with Crippen LogP contribution >= 0.6 is 0 Å². The highest BCUT2D eigenvalue weighted by Gasteiger charge is 2.40. The Morgan fingerprint density at radius 2 is 2.25 bits per heavy atom. The van der Waals surface area contributed by atoms with Crippen LogP contribution in [0.15, 0.2) is 0 Å². The van der Waals surface area contributed by atoms with Crippen LogP contribution in [-0.2, 0) is 14.3 Å². The molecule has 114 valence electrons. The van der Waals surface area contributed by atoms with Crippen molar-refractivity contribution in [2.24, 2.45) is 5.92 Å². The van der Waals surface area contributed by atoms with Gasteiger partial charge in [0.15, 0.2) is 0 Å². The van der Waals surface area contributed by atoms with Gasteiger partial charge < -0.3 is 19.7 Å². The summed E-state index contributed by atoms with van der Waals surface area (Å²) in [6.07, 6.45) is 6.22. The minimum absolute atomic E-state index is 0.0291. The maximum Gasteiger partial charge on any atom is 0.239 e. The summed E-state index contributed by atoms with van der Waals surface area (Å²) in [4.78, 5) is 14.6. The lowest BCUT2D eigenvalue weighted by Gasteiger charge is -2.34. The van der Waals surface area contributed by atoms with Gasteiger partial charge in [0.2, 0.25) is 5.91 Å². The lowest BCUT2D eigenvalue weighted by molar-refractivity contribution is -0.142. The molecule has 1 aliphatic carbocycles. The number of amides is 1. The van der Waals surface area contributed by atoms with Crippen LogP contribution in [0.2, 0.25) is 0 Å². The lowest BCUT2D eigenvalue weighted by atomic mass is 9.85. The minimum atomic E-state index is 0.0291. The zero-order valence-corrected chi connectivity index (χ0v) is 12.3. The van der Waals surface area contributed by atoms with Crippen LogP contribution in [-0.4, -0.2) is 62.4 Å². The Kier molecular flexibility index (Phi) is 4.58. The molecule has 1 saturated carbocycles. The molecule has 5 nitrogen and oxygen atoms in total. The number of nitrogens with one attached hydrogen (secondary N) is 1. The van der Waals surface area contributed by atoms with E-state index >= 15 is 0 Å². The Hall–Kier alpha value is -0.650. The second-order valence-corrected chi connectivity index (χ2v) is 6.34. The maximum absolute atomic E-state index is 12.7. The van der Waals surface area contributed by atoms with Gasteiger partial charge in [0.05, 0.1) is 25.4 Å². The average molecular weight is 282 g/mol. The molecular formula is C15H26N2O3. The van der Waals surface area contributed by atoms with Crippen molar-refractivity contribution in [3.8, 4) is 0 Å². The van der Waals surface area contributed by atoms with E-state index in [2.05, 4.69) is 5.32 Å². The quantitative estimate of drug-likeness (QED) is 0.831. The molecule has 0 aromatic rings. The van der Waals surface area contributed by atoms with E-state index in [1.165, 1.54) is 25.7 Å². The molecule has 0 bridgehead atoms. The SMILES string of the molecule is COC[C@@H]1CN(C(=O)[C@@H]2C[C@H]3CCCC[C@H]3N2)CCO1. The molecule has 3 fully saturated rings. The molecule has 3 aliphatic rings. The van der Waals surface area contributed by atoms with E-state index in [1.807, 2.05) is 4.90 Å². The zero-order valence-electron chi connectivity index (χ0n) is 12.3. The Morgan fingerprint density at radius 3 is 3.05 bits per heavy atom. The number of methoxy groups -OCH3 is 1. The lowest BCUT2D eigenvalue weighted by Crippen LogP contribution is -2.52. The van der Waals surface area contributed by atoms with Crippen LogP contribution in [0.5, 0.6) is 0 Å². The Balaban J connectivity index is 1.55. The zero-order chi connectivity index (χ0) is 13.9. The number of hydrogen-bond donors (Lipinski definition) is 1. The highest BCUT2D eigenvalue weighted by molar-refractivity contribution is 5.82. The first-order chi connectivity index (χ1) is 9.78. The van der Waals surface area contributed by atoms with Gasteiger partial charge in [-0.3, -0.25) is 4.79 Å². The molecule has 20 heavy (non-hydrogen) atoms. The molecule has 0 aromatic carbocycles. The van der Waals surface area contributed by atoms with Crippen LogP contribution in [0.3, 0.4) is 0 Å². The van der Waals surface area contributed by atoms with E-state index in [4.69, 9.17) is 9.47 Å². The van der Waals surface area contributed by atoms with Gasteiger partial charge in [-0.1, -0.05) is 12.8 Å². The fourth-order valence-corrected chi connectivity index (χ4v) is 3.94. The van der Waals surface area contributed by atoms with E-state index < -0.39 is 0 Å². The Bertz CT molecular complexity index is 334. The smallest absolute Gasteiger partial charge is 0.239 e. The van der Waals surface area contributed by atoms with Gasteiger partial charge in [-0.2, -0.15) is 0 Å². The van der Waals surface area contributed by atoms with Crippen molar-refractivity contribution in [3.05, 3.63) is 0 Å². The molecule has 2 heterocycles. The van der Waals surface area contributed by atoms with Crippen LogP contribution < -0.4 is 5.32 Å². The number of rotatable bonds is 3. The van der Waals surface area contributed by atoms with Gasteiger partial charge in [0.1, 0.15) is 0 Å². The first kappa shape index (κ1) is 14.3. The van der Waals surface area contributed by atoms with Crippen molar-refractivity contribution < 1.29 is 14.3 Å². The fraction of sp³-hybridized carbons (Fsp3) is 0.933. The molecule has 0 unspecified atom stereocenters. The van der Waals surface area contributed by atoms with E-state index in [1.54, 1.807) is 7.11 Å². The summed E-state index contributed by atoms with van der Waals surface area (Å²) in [6, 6.07) is 0.609. The number of fused-ring (bicyclic) bond motifs is 1. The van der Waals surface area contributed by atoms with Crippen molar-refractivity contribution >= 4 is 5.91 Å². The summed E-state index contributed by atoms with van der Waals surface area (Å²) >= 11 is 0. The van der Waals surface area contributed by atoms with Crippen LogP contribution in [0.1, 0.15) is 32.1 Å². The largest absolute Gasteiger partial charge is 0.382 e. The maximum atomic E-state index is 12.7. The number of morpholine rings is 1. The second-order valence-electron chi connectivity index (χ2n) is 6.34. The van der Waals surface area contributed by atoms with Gasteiger partial charge in [-0.25, -0.2) is 0 Å². The number of carbonyl (C=O) groups is 1. The number of ether oxygens (including phenoxy) is 2. The molecule has 3 rings (SSSR count). The molecule has 2 aliphatic heterocycles. The molecule has 0 spiro atoms. The van der Waals surface area contributed by atoms with Gasteiger partial charge in [0.25, 0.3) is 0 Å². The molecule has 2 saturated heterocycles. The molecule has 0 radical (unpaired) electrons. The summed E-state index contributed by atoms with van der Waals surface area (Å²) in [5, 5.41) is 3.57. The third-order valence-corrected chi connectivity index (χ3v) is 4.96. The molecule has 1 N–H and O–H groups in total. The number of hydrogen-bond acceptors (Lipinski definition) is 4. The van der Waals surface area contributed by atoms with Crippen molar-refractivity contribution in [1.29, 1.82) is 0 Å². The summed E-state index contributed by atoms with van der Waals surface area (Å²) in [7, 11) is 1.67. The normalized spacial score (nSPS) is 37.8. The van der Waals surface area contributed by atoms with Crippen molar-refractivity contribution in [2.75, 3.05) is 33.4 Å². The Morgan fingerprint density at radius 1 is 1.40 bits per heavy atom. The number of carbonyl (C=O) groups excluding carboxylic acids is 1. The van der Waals surface area contributed by atoms with Gasteiger partial charge in [-0.15, -0.1) is 0 Å². The topological polar surface area (TPSA) is 50.8 Å². The molecule has 5 heteroatoms. The average Bonchev–Trinajstić information content (AvgIpc) is 2.91. The second kappa shape index (κ2) is 6.41. The molecule has 4 atom stereocenters. The van der Waals surface area contributed by atoms with Crippen LogP contribution in [0, 0.1) is 5.92 Å². The van der Waals surface area contributed by atoms with Gasteiger partial charge in [0, 0.05) is 26.2 Å². The Labute approximate surface area is 121 Å². The predicted molar refractivity (Wildman–Crippen MR) is 75.5 cm³/mol. The molecule has 0 aromatic heterocycles. The first-order valence-corrected chi connectivity index (χ1v) is 7.93. The summed E-state index contributed by atoms with van der Waals surface area (Å²) < 4.78 is 10.8. The van der Waals surface area contributed by atoms with Gasteiger partial charge in [-0.05, 0) is 25.2 Å². The first-order valence-electron chi connectivity index (χ1n) is 7.93. The van der Waals surface area contributed by atoms with Crippen LogP contribution in [0.25, 0.3) is 0 Å². The minimum Gasteiger partial charge on any atom is -0.382 e. The predicted octanol–water partition coefficient (Wildman–Crippen LogP) is 0.781. The summed E-state index contributed by atoms with van der Waals surface area (Å²) in [5.74, 6) is 0.984. The third-order valence-electron chi connectivity index (χ3n) is 4.96. The van der Waals surface area contributed by atoms with Crippen molar-refractivity contribution in [1.82, 2.24) is 10.2 Å². The van der Waals surface area contributed by atoms with E-state index in [9.17, 15) is 4.79 Å². The standard InChI is InChI=1S/C15H26N2O3/c1-19-10-12-9-17(6-7-20-12)15(18)14-8-11-4-2-3-5-13(11)16-14/h11-14,16H,2-10H2,1H3/t11-,12+,13-,14+/m1/s1. The monoisotopic (exact) mass is 282 g/mol. The van der Waals surface area contributed by atoms with Gasteiger partial charge >= 0.3 is 0 Å². The molecular weight excluding hydrogens is 256 g/mol. The van der Waals surface area contributed by atoms with E-state index in [0.29, 0.717) is 38.3 Å². The highest BCUT2D eigenvalue weighted by atomic mass is 16.5. The number of nitrogens with zero attached hydrogens (tertiary/aromatic N) is 1. The molecule has 1 amide bonds. The van der Waals surface area contributed by atoms with Crippen molar-refractivity contribution in [2.45, 2.75) is 50.3 Å². The summed E-state index contributed by atoms with van der Waals surface area (Å²) in [6.45, 7) is 2.57. The van der Waals surface area contributed by atoms with Crippen LogP contribution in [0.4, 0.5) is 0 Å². The van der Waals surface area contributed by atoms with Crippen molar-refractivity contribution in [3.63, 3.8) is 0 Å².